The van der Waals surface area contributed by atoms with E-state index < -0.39 is 0 Å². The molecule has 0 bridgehead atoms. The third kappa shape index (κ3) is 32.8. The molecule has 0 spiro atoms. The predicted molar refractivity (Wildman–Crippen MR) is 156 cm³/mol. The van der Waals surface area contributed by atoms with Crippen LogP contribution in [0.1, 0.15) is 194 Å². The molecule has 0 fully saturated rings. The van der Waals surface area contributed by atoms with Crippen molar-refractivity contribution < 1.29 is 0 Å². The number of unbranched alkanes of at least 4 members (excludes halogenated alkanes) is 26. The van der Waals surface area contributed by atoms with Crippen molar-refractivity contribution in [3.05, 3.63) is 0 Å². The minimum atomic E-state index is 0.0171. The molecule has 196 valence electrons. The summed E-state index contributed by atoms with van der Waals surface area (Å²) in [6.07, 6.45) is 41.9. The molecule has 0 aliphatic heterocycles. The Morgan fingerprint density at radius 3 is 0.636 bits per heavy atom. The van der Waals surface area contributed by atoms with E-state index in [0.717, 1.165) is 0 Å². The van der Waals surface area contributed by atoms with Crippen LogP contribution in [0.5, 0.6) is 0 Å². The number of rotatable bonds is 30. The Labute approximate surface area is 222 Å². The molecule has 0 rings (SSSR count). The second-order valence-corrected chi connectivity index (χ2v) is 15.2. The fraction of sp³-hybridized carbons (Fsp3) is 1.00. The van der Waals surface area contributed by atoms with Crippen LogP contribution in [0.3, 0.4) is 0 Å². The summed E-state index contributed by atoms with van der Waals surface area (Å²) >= 11 is 0.0171. The van der Waals surface area contributed by atoms with Gasteiger partial charge in [-0.3, -0.25) is 0 Å². The summed E-state index contributed by atoms with van der Waals surface area (Å²) in [7, 11) is 0. The molecule has 0 saturated heterocycles. The third-order valence-electron chi connectivity index (χ3n) is 7.41. The Bertz CT molecular complexity index is 284. The van der Waals surface area contributed by atoms with Gasteiger partial charge in [0.1, 0.15) is 0 Å². The van der Waals surface area contributed by atoms with Crippen LogP contribution in [0.25, 0.3) is 0 Å². The van der Waals surface area contributed by atoms with Crippen LogP contribution in [0, 0.1) is 0 Å². The van der Waals surface area contributed by atoms with E-state index in [1.165, 1.54) is 167 Å². The van der Waals surface area contributed by atoms with Gasteiger partial charge in [-0.05, 0) is 0 Å². The molecule has 0 aliphatic rings. The van der Waals surface area contributed by atoms with Crippen molar-refractivity contribution in [2.75, 3.05) is 0 Å². The second-order valence-electron chi connectivity index (χ2n) is 10.9. The summed E-state index contributed by atoms with van der Waals surface area (Å²) in [5.41, 5.74) is 0. The Hall–Kier alpha value is 0.799. The van der Waals surface area contributed by atoms with Crippen LogP contribution in [0.4, 0.5) is 0 Å². The quantitative estimate of drug-likeness (QED) is 0.0596. The molecule has 0 heterocycles. The van der Waals surface area contributed by atoms with Crippen molar-refractivity contribution in [3.63, 3.8) is 0 Å². The standard InChI is InChI=1S/2C16H33.Sn/c2*1-3-5-7-9-11-13-15-16-14-12-10-8-6-4-2;/h2*1,3-16H2,2H3;/q;;+2. The maximum absolute atomic E-state index is 2.31. The topological polar surface area (TPSA) is 0 Å². The molecule has 0 amide bonds. The average Bonchev–Trinajstić information content (AvgIpc) is 2.83. The van der Waals surface area contributed by atoms with Crippen molar-refractivity contribution >= 4 is 21.1 Å². The minimum Gasteiger partial charge on any atom is -0.0654 e. The molecule has 33 heavy (non-hydrogen) atoms. The molecule has 1 heteroatoms. The zero-order chi connectivity index (χ0) is 23.9. The summed E-state index contributed by atoms with van der Waals surface area (Å²) in [5.74, 6) is 0. The SMILES string of the molecule is CCCCCCCCCCCCCCC[CH2][Sn+2][CH2]CCCCCCCCCCCCCCC. The van der Waals surface area contributed by atoms with Gasteiger partial charge in [0, 0.05) is 0 Å². The average molecular weight is 570 g/mol. The third-order valence-corrected chi connectivity index (χ3v) is 11.5. The molecule has 0 N–H and O–H groups in total. The van der Waals surface area contributed by atoms with Gasteiger partial charge < -0.3 is 0 Å². The molecular weight excluding hydrogens is 503 g/mol. The van der Waals surface area contributed by atoms with Crippen LogP contribution in [0.15, 0.2) is 0 Å². The fourth-order valence-electron chi connectivity index (χ4n) is 5.01. The van der Waals surface area contributed by atoms with Gasteiger partial charge in [-0.15, -0.1) is 0 Å². The molecule has 0 saturated carbocycles. The van der Waals surface area contributed by atoms with Crippen molar-refractivity contribution in [3.8, 4) is 0 Å². The van der Waals surface area contributed by atoms with E-state index in [4.69, 9.17) is 0 Å². The molecule has 0 aliphatic carbocycles. The van der Waals surface area contributed by atoms with Crippen LogP contribution in [0.2, 0.25) is 8.87 Å². The zero-order valence-corrected chi connectivity index (χ0v) is 26.6. The molecule has 0 atom stereocenters. The van der Waals surface area contributed by atoms with Gasteiger partial charge >= 0.3 is 171 Å². The van der Waals surface area contributed by atoms with Gasteiger partial charge in [0.25, 0.3) is 0 Å². The smallest absolute Gasteiger partial charge is 0.0654 e. The summed E-state index contributed by atoms with van der Waals surface area (Å²) in [4.78, 5) is 0. The van der Waals surface area contributed by atoms with Gasteiger partial charge in [-0.2, -0.15) is 0 Å². The second kappa shape index (κ2) is 32.8. The Morgan fingerprint density at radius 1 is 0.242 bits per heavy atom. The van der Waals surface area contributed by atoms with Crippen molar-refractivity contribution in [2.24, 2.45) is 0 Å². The van der Waals surface area contributed by atoms with Crippen LogP contribution < -0.4 is 0 Å². The first-order chi connectivity index (χ1) is 16.4. The van der Waals surface area contributed by atoms with E-state index in [1.807, 2.05) is 0 Å². The summed E-state index contributed by atoms with van der Waals surface area (Å²) in [6.45, 7) is 4.62. The summed E-state index contributed by atoms with van der Waals surface area (Å²) in [5, 5.41) is 0. The Balaban J connectivity index is 2.99. The summed E-state index contributed by atoms with van der Waals surface area (Å²) in [6, 6.07) is 0. The van der Waals surface area contributed by atoms with Gasteiger partial charge in [-0.1, -0.05) is 52.4 Å². The van der Waals surface area contributed by atoms with E-state index in [-0.39, 0.29) is 21.1 Å². The number of hydrogen-bond acceptors (Lipinski definition) is 0. The van der Waals surface area contributed by atoms with Crippen LogP contribution >= 0.6 is 0 Å². The number of hydrogen-bond donors (Lipinski definition) is 0. The Morgan fingerprint density at radius 2 is 0.424 bits per heavy atom. The molecule has 0 aromatic rings. The van der Waals surface area contributed by atoms with E-state index in [1.54, 1.807) is 21.7 Å². The predicted octanol–water partition coefficient (Wildman–Crippen LogP) is 12.5. The normalized spacial score (nSPS) is 11.2. The zero-order valence-electron chi connectivity index (χ0n) is 23.7. The monoisotopic (exact) mass is 570 g/mol. The van der Waals surface area contributed by atoms with E-state index in [0.29, 0.717) is 0 Å². The molecule has 0 unspecified atom stereocenters. The molecule has 0 aromatic carbocycles. The minimum absolute atomic E-state index is 0.0171. The van der Waals surface area contributed by atoms with Crippen LogP contribution in [-0.2, 0) is 0 Å². The van der Waals surface area contributed by atoms with Gasteiger partial charge in [0.05, 0.1) is 0 Å². The van der Waals surface area contributed by atoms with E-state index in [2.05, 4.69) is 13.8 Å². The molecule has 0 aromatic heterocycles. The maximum atomic E-state index is 2.31. The van der Waals surface area contributed by atoms with Crippen molar-refractivity contribution in [2.45, 2.75) is 203 Å². The van der Waals surface area contributed by atoms with E-state index >= 15 is 0 Å². The molecule has 0 nitrogen and oxygen atoms in total. The first kappa shape index (κ1) is 33.8. The van der Waals surface area contributed by atoms with Crippen molar-refractivity contribution in [1.82, 2.24) is 0 Å². The molecular formula is C32H66Sn+2. The summed E-state index contributed by atoms with van der Waals surface area (Å²) < 4.78 is 3.33. The Kier molecular flexibility index (Phi) is 33.6. The molecule has 0 radical (unpaired) electrons. The van der Waals surface area contributed by atoms with Crippen molar-refractivity contribution in [1.29, 1.82) is 0 Å². The van der Waals surface area contributed by atoms with Gasteiger partial charge in [0.15, 0.2) is 0 Å². The van der Waals surface area contributed by atoms with E-state index in [9.17, 15) is 0 Å². The fourth-order valence-corrected chi connectivity index (χ4v) is 8.58. The van der Waals surface area contributed by atoms with Crippen LogP contribution in [-0.4, -0.2) is 21.1 Å². The first-order valence-corrected chi connectivity index (χ1v) is 20.2. The van der Waals surface area contributed by atoms with Gasteiger partial charge in [-0.25, -0.2) is 0 Å². The van der Waals surface area contributed by atoms with Gasteiger partial charge in [0.2, 0.25) is 0 Å². The first-order valence-electron chi connectivity index (χ1n) is 16.1.